The van der Waals surface area contributed by atoms with Gasteiger partial charge in [-0.1, -0.05) is 35.9 Å². The van der Waals surface area contributed by atoms with Gasteiger partial charge in [-0.05, 0) is 53.6 Å². The Kier molecular flexibility index (Phi) is 4.50. The number of benzene rings is 3. The van der Waals surface area contributed by atoms with Crippen LogP contribution in [0.2, 0.25) is 5.02 Å². The standard InChI is InChI=1S/C21H18ClN3O/c22-16-2-1-3-19(11-16)26-18-8-4-14(5-9-18)13-24-21-10-15-6-7-17(23)12-20(15)25-21/h1-9,11-12H,10,13,23H2,(H,24,25). The van der Waals surface area contributed by atoms with Gasteiger partial charge in [-0.3, -0.25) is 4.99 Å². The zero-order chi connectivity index (χ0) is 17.9. The molecule has 1 heterocycles. The first-order valence-corrected chi connectivity index (χ1v) is 8.75. The summed E-state index contributed by atoms with van der Waals surface area (Å²) in [6.07, 6.45) is 0.811. The summed E-state index contributed by atoms with van der Waals surface area (Å²) in [6, 6.07) is 21.2. The second-order valence-electron chi connectivity index (χ2n) is 6.18. The lowest BCUT2D eigenvalue weighted by molar-refractivity contribution is 0.482. The minimum Gasteiger partial charge on any atom is -0.457 e. The van der Waals surface area contributed by atoms with Gasteiger partial charge in [0.05, 0.1) is 6.54 Å². The fraction of sp³-hybridized carbons (Fsp3) is 0.0952. The Morgan fingerprint density at radius 1 is 1.00 bits per heavy atom. The number of anilines is 2. The van der Waals surface area contributed by atoms with Crippen molar-refractivity contribution in [2.75, 3.05) is 11.1 Å². The zero-order valence-electron chi connectivity index (χ0n) is 14.1. The first-order valence-electron chi connectivity index (χ1n) is 8.37. The Bertz CT molecular complexity index is 967. The van der Waals surface area contributed by atoms with Crippen molar-refractivity contribution in [3.8, 4) is 11.5 Å². The van der Waals surface area contributed by atoms with Gasteiger partial charge in [0.1, 0.15) is 17.3 Å². The molecule has 3 aromatic rings. The molecule has 0 spiro atoms. The molecule has 4 rings (SSSR count). The maximum absolute atomic E-state index is 5.97. The molecule has 0 unspecified atom stereocenters. The van der Waals surface area contributed by atoms with Crippen LogP contribution in [0.15, 0.2) is 71.7 Å². The van der Waals surface area contributed by atoms with Crippen LogP contribution >= 0.6 is 11.6 Å². The molecule has 3 N–H and O–H groups in total. The quantitative estimate of drug-likeness (QED) is 0.620. The molecule has 0 saturated carbocycles. The van der Waals surface area contributed by atoms with E-state index in [-0.39, 0.29) is 0 Å². The van der Waals surface area contributed by atoms with Crippen molar-refractivity contribution in [1.29, 1.82) is 0 Å². The van der Waals surface area contributed by atoms with Gasteiger partial charge in [0.25, 0.3) is 0 Å². The van der Waals surface area contributed by atoms with Crippen molar-refractivity contribution >= 4 is 28.8 Å². The van der Waals surface area contributed by atoms with Gasteiger partial charge < -0.3 is 15.8 Å². The number of amidine groups is 1. The van der Waals surface area contributed by atoms with Gasteiger partial charge >= 0.3 is 0 Å². The van der Waals surface area contributed by atoms with Crippen LogP contribution in [0.4, 0.5) is 11.4 Å². The molecule has 0 aromatic heterocycles. The van der Waals surface area contributed by atoms with Gasteiger partial charge in [0, 0.05) is 22.8 Å². The molecule has 1 aliphatic heterocycles. The van der Waals surface area contributed by atoms with Crippen molar-refractivity contribution in [3.05, 3.63) is 82.9 Å². The minimum atomic E-state index is 0.614. The maximum Gasteiger partial charge on any atom is 0.128 e. The summed E-state index contributed by atoms with van der Waals surface area (Å²) in [7, 11) is 0. The molecule has 0 radical (unpaired) electrons. The first-order chi connectivity index (χ1) is 12.7. The Hall–Kier alpha value is -2.98. The Morgan fingerprint density at radius 2 is 1.85 bits per heavy atom. The predicted octanol–water partition coefficient (Wildman–Crippen LogP) is 5.28. The number of aliphatic imine (C=N–C) groups is 1. The molecule has 0 amide bonds. The summed E-state index contributed by atoms with van der Waals surface area (Å²) in [5.74, 6) is 2.45. The molecule has 0 aliphatic carbocycles. The lowest BCUT2D eigenvalue weighted by Gasteiger charge is -2.07. The van der Waals surface area contributed by atoms with Gasteiger partial charge in [0.2, 0.25) is 0 Å². The topological polar surface area (TPSA) is 59.6 Å². The molecule has 4 nitrogen and oxygen atoms in total. The number of rotatable bonds is 4. The van der Waals surface area contributed by atoms with Crippen molar-refractivity contribution in [2.45, 2.75) is 13.0 Å². The van der Waals surface area contributed by atoms with Crippen LogP contribution in [0.3, 0.4) is 0 Å². The summed E-state index contributed by atoms with van der Waals surface area (Å²) < 4.78 is 5.80. The van der Waals surface area contributed by atoms with Gasteiger partial charge in [0.15, 0.2) is 0 Å². The van der Waals surface area contributed by atoms with E-state index in [0.717, 1.165) is 40.7 Å². The van der Waals surface area contributed by atoms with E-state index < -0.39 is 0 Å². The number of nitrogens with two attached hydrogens (primary N) is 1. The summed E-state index contributed by atoms with van der Waals surface area (Å²) in [6.45, 7) is 0.614. The second kappa shape index (κ2) is 7.10. The number of halogens is 1. The highest BCUT2D eigenvalue weighted by molar-refractivity contribution is 6.30. The fourth-order valence-electron chi connectivity index (χ4n) is 2.86. The highest BCUT2D eigenvalue weighted by Gasteiger charge is 2.15. The molecule has 130 valence electrons. The lowest BCUT2D eigenvalue weighted by atomic mass is 10.1. The third-order valence-corrected chi connectivity index (χ3v) is 4.41. The minimum absolute atomic E-state index is 0.614. The Labute approximate surface area is 157 Å². The highest BCUT2D eigenvalue weighted by Crippen LogP contribution is 2.26. The molecule has 0 bridgehead atoms. The zero-order valence-corrected chi connectivity index (χ0v) is 14.8. The average molecular weight is 364 g/mol. The van der Waals surface area contributed by atoms with Crippen LogP contribution in [-0.4, -0.2) is 5.84 Å². The van der Waals surface area contributed by atoms with E-state index in [0.29, 0.717) is 11.6 Å². The monoisotopic (exact) mass is 363 g/mol. The smallest absolute Gasteiger partial charge is 0.128 e. The molecule has 0 atom stereocenters. The van der Waals surface area contributed by atoms with E-state index in [1.165, 1.54) is 5.56 Å². The molecule has 1 aliphatic rings. The van der Waals surface area contributed by atoms with Crippen LogP contribution in [0.25, 0.3) is 0 Å². The number of hydrogen-bond acceptors (Lipinski definition) is 3. The number of nitrogens with zero attached hydrogens (tertiary/aromatic N) is 1. The predicted molar refractivity (Wildman–Crippen MR) is 107 cm³/mol. The summed E-state index contributed by atoms with van der Waals surface area (Å²) in [5, 5.41) is 3.98. The van der Waals surface area contributed by atoms with E-state index in [1.807, 2.05) is 60.7 Å². The largest absolute Gasteiger partial charge is 0.457 e. The van der Waals surface area contributed by atoms with Crippen LogP contribution < -0.4 is 15.8 Å². The average Bonchev–Trinajstić information content (AvgIpc) is 3.03. The number of nitrogens with one attached hydrogen (secondary N) is 1. The number of fused-ring (bicyclic) bond motifs is 1. The Morgan fingerprint density at radius 3 is 2.65 bits per heavy atom. The van der Waals surface area contributed by atoms with E-state index in [9.17, 15) is 0 Å². The molecule has 26 heavy (non-hydrogen) atoms. The molecular formula is C21H18ClN3O. The molecular weight excluding hydrogens is 346 g/mol. The Balaban J connectivity index is 1.39. The van der Waals surface area contributed by atoms with Gasteiger partial charge in [-0.2, -0.15) is 0 Å². The van der Waals surface area contributed by atoms with Crippen molar-refractivity contribution < 1.29 is 4.74 Å². The van der Waals surface area contributed by atoms with Crippen LogP contribution in [0.1, 0.15) is 11.1 Å². The number of nitrogen functional groups attached to an aromatic ring is 1. The third kappa shape index (κ3) is 3.81. The number of hydrogen-bond donors (Lipinski definition) is 2. The van der Waals surface area contributed by atoms with E-state index >= 15 is 0 Å². The van der Waals surface area contributed by atoms with Gasteiger partial charge in [-0.25, -0.2) is 0 Å². The van der Waals surface area contributed by atoms with Crippen molar-refractivity contribution in [1.82, 2.24) is 0 Å². The fourth-order valence-corrected chi connectivity index (χ4v) is 3.04. The normalized spacial score (nSPS) is 14.1. The third-order valence-electron chi connectivity index (χ3n) is 4.18. The summed E-state index contributed by atoms with van der Waals surface area (Å²) in [4.78, 5) is 4.67. The van der Waals surface area contributed by atoms with Crippen molar-refractivity contribution in [2.24, 2.45) is 4.99 Å². The summed E-state index contributed by atoms with van der Waals surface area (Å²) in [5.41, 5.74) is 9.97. The van der Waals surface area contributed by atoms with E-state index in [2.05, 4.69) is 10.3 Å². The van der Waals surface area contributed by atoms with Crippen LogP contribution in [-0.2, 0) is 13.0 Å². The molecule has 0 saturated heterocycles. The second-order valence-corrected chi connectivity index (χ2v) is 6.62. The molecule has 5 heteroatoms. The molecule has 3 aromatic carbocycles. The molecule has 0 fully saturated rings. The van der Waals surface area contributed by atoms with E-state index in [4.69, 9.17) is 22.1 Å². The summed E-state index contributed by atoms with van der Waals surface area (Å²) >= 11 is 5.97. The van der Waals surface area contributed by atoms with Crippen LogP contribution in [0, 0.1) is 0 Å². The highest BCUT2D eigenvalue weighted by atomic mass is 35.5. The van der Waals surface area contributed by atoms with Gasteiger partial charge in [-0.15, -0.1) is 0 Å². The lowest BCUT2D eigenvalue weighted by Crippen LogP contribution is -2.06. The van der Waals surface area contributed by atoms with Crippen molar-refractivity contribution in [3.63, 3.8) is 0 Å². The maximum atomic E-state index is 5.97. The number of ether oxygens (including phenoxy) is 1. The first kappa shape index (κ1) is 16.5. The van der Waals surface area contributed by atoms with E-state index in [1.54, 1.807) is 6.07 Å². The SMILES string of the molecule is Nc1ccc2c(c1)NC(=NCc1ccc(Oc3cccc(Cl)c3)cc1)C2. The van der Waals surface area contributed by atoms with Crippen LogP contribution in [0.5, 0.6) is 11.5 Å².